The van der Waals surface area contributed by atoms with Crippen LogP contribution in [0.4, 0.5) is 26.0 Å². The van der Waals surface area contributed by atoms with E-state index in [1.165, 1.54) is 24.4 Å². The molecule has 0 saturated carbocycles. The van der Waals surface area contributed by atoms with Gasteiger partial charge in [-0.2, -0.15) is 0 Å². The van der Waals surface area contributed by atoms with Crippen molar-refractivity contribution in [3.05, 3.63) is 83.0 Å². The number of anilines is 3. The Morgan fingerprint density at radius 2 is 1.88 bits per heavy atom. The Hall–Kier alpha value is -2.99. The molecule has 1 amide bonds. The van der Waals surface area contributed by atoms with Crippen LogP contribution in [-0.4, -0.2) is 10.9 Å². The van der Waals surface area contributed by atoms with Gasteiger partial charge in [0.15, 0.2) is 0 Å². The number of amides is 1. The quantitative estimate of drug-likeness (QED) is 0.688. The molecule has 25 heavy (non-hydrogen) atoms. The summed E-state index contributed by atoms with van der Waals surface area (Å²) in [5, 5.41) is 5.92. The smallest absolute Gasteiger partial charge is 0.255 e. The third kappa shape index (κ3) is 4.30. The molecular formula is C18H12ClF2N3O. The number of hydrogen-bond donors (Lipinski definition) is 2. The second-order valence-electron chi connectivity index (χ2n) is 5.14. The van der Waals surface area contributed by atoms with Gasteiger partial charge in [0.1, 0.15) is 17.5 Å². The molecule has 2 N–H and O–H groups in total. The number of pyridine rings is 1. The van der Waals surface area contributed by atoms with Gasteiger partial charge >= 0.3 is 0 Å². The molecule has 126 valence electrons. The van der Waals surface area contributed by atoms with Crippen molar-refractivity contribution in [3.63, 3.8) is 0 Å². The molecule has 0 saturated heterocycles. The summed E-state index contributed by atoms with van der Waals surface area (Å²) in [4.78, 5) is 16.3. The highest BCUT2D eigenvalue weighted by Gasteiger charge is 2.10. The van der Waals surface area contributed by atoms with Crippen LogP contribution in [0.1, 0.15) is 10.4 Å². The second kappa shape index (κ2) is 7.27. The fourth-order valence-electron chi connectivity index (χ4n) is 2.14. The molecule has 1 heterocycles. The molecule has 3 rings (SSSR count). The largest absolute Gasteiger partial charge is 0.338 e. The van der Waals surface area contributed by atoms with Gasteiger partial charge in [0.2, 0.25) is 0 Å². The predicted octanol–water partition coefficient (Wildman–Crippen LogP) is 5.01. The number of halogens is 3. The Balaban J connectivity index is 1.77. The molecule has 2 aromatic carbocycles. The molecule has 0 atom stereocenters. The van der Waals surface area contributed by atoms with Gasteiger partial charge in [-0.3, -0.25) is 4.79 Å². The standard InChI is InChI=1S/C18H12ClF2N3O/c19-12-2-1-3-14(9-12)23-18(25)11-6-7-22-17(8-11)24-16-5-4-13(20)10-15(16)21/h1-10H,(H,22,24)(H,23,25). The van der Waals surface area contributed by atoms with Crippen LogP contribution in [-0.2, 0) is 0 Å². The Bertz CT molecular complexity index is 934. The van der Waals surface area contributed by atoms with Gasteiger partial charge in [-0.1, -0.05) is 17.7 Å². The Kier molecular flexibility index (Phi) is 4.90. The Labute approximate surface area is 147 Å². The Morgan fingerprint density at radius 1 is 1.04 bits per heavy atom. The van der Waals surface area contributed by atoms with E-state index in [2.05, 4.69) is 15.6 Å². The highest BCUT2D eigenvalue weighted by atomic mass is 35.5. The minimum absolute atomic E-state index is 0.0568. The van der Waals surface area contributed by atoms with Crippen LogP contribution < -0.4 is 10.6 Å². The van der Waals surface area contributed by atoms with Crippen molar-refractivity contribution >= 4 is 34.7 Å². The van der Waals surface area contributed by atoms with Crippen LogP contribution in [0.15, 0.2) is 60.8 Å². The molecule has 0 spiro atoms. The number of benzene rings is 2. The van der Waals surface area contributed by atoms with Gasteiger partial charge in [0.05, 0.1) is 5.69 Å². The maximum Gasteiger partial charge on any atom is 0.255 e. The highest BCUT2D eigenvalue weighted by molar-refractivity contribution is 6.30. The van der Waals surface area contributed by atoms with Gasteiger partial charge in [-0.05, 0) is 42.5 Å². The number of carbonyl (C=O) groups excluding carboxylic acids is 1. The maximum atomic E-state index is 13.7. The highest BCUT2D eigenvalue weighted by Crippen LogP contribution is 2.21. The molecule has 0 fully saturated rings. The molecular weight excluding hydrogens is 348 g/mol. The zero-order valence-electron chi connectivity index (χ0n) is 12.8. The van der Waals surface area contributed by atoms with E-state index in [9.17, 15) is 13.6 Å². The van der Waals surface area contributed by atoms with Crippen LogP contribution >= 0.6 is 11.6 Å². The zero-order valence-corrected chi connectivity index (χ0v) is 13.5. The first-order valence-corrected chi connectivity index (χ1v) is 7.64. The molecule has 0 aliphatic heterocycles. The second-order valence-corrected chi connectivity index (χ2v) is 5.58. The van der Waals surface area contributed by atoms with Gasteiger partial charge in [-0.25, -0.2) is 13.8 Å². The molecule has 7 heteroatoms. The molecule has 1 aromatic heterocycles. The molecule has 0 aliphatic carbocycles. The van der Waals surface area contributed by atoms with Crippen LogP contribution in [0.25, 0.3) is 0 Å². The lowest BCUT2D eigenvalue weighted by Crippen LogP contribution is -2.12. The number of carbonyl (C=O) groups is 1. The molecule has 0 bridgehead atoms. The number of rotatable bonds is 4. The minimum Gasteiger partial charge on any atom is -0.338 e. The molecule has 0 unspecified atom stereocenters. The van der Waals surface area contributed by atoms with Crippen molar-refractivity contribution in [1.82, 2.24) is 4.98 Å². The first-order valence-electron chi connectivity index (χ1n) is 7.26. The molecule has 3 aromatic rings. The van der Waals surface area contributed by atoms with E-state index in [0.29, 0.717) is 16.3 Å². The van der Waals surface area contributed by atoms with E-state index in [0.717, 1.165) is 12.1 Å². The van der Waals surface area contributed by atoms with Crippen LogP contribution in [0.3, 0.4) is 0 Å². The maximum absolute atomic E-state index is 13.7. The van der Waals surface area contributed by atoms with Crippen molar-refractivity contribution in [1.29, 1.82) is 0 Å². The molecule has 4 nitrogen and oxygen atoms in total. The van der Waals surface area contributed by atoms with E-state index >= 15 is 0 Å². The van der Waals surface area contributed by atoms with Gasteiger partial charge in [-0.15, -0.1) is 0 Å². The van der Waals surface area contributed by atoms with Gasteiger partial charge < -0.3 is 10.6 Å². The first kappa shape index (κ1) is 16.9. The SMILES string of the molecule is O=C(Nc1cccc(Cl)c1)c1ccnc(Nc2ccc(F)cc2F)c1. The number of nitrogens with one attached hydrogen (secondary N) is 2. The van der Waals surface area contributed by atoms with Crippen LogP contribution in [0.2, 0.25) is 5.02 Å². The monoisotopic (exact) mass is 359 g/mol. The average Bonchev–Trinajstić information content (AvgIpc) is 2.58. The zero-order chi connectivity index (χ0) is 17.8. The van der Waals surface area contributed by atoms with Crippen molar-refractivity contribution in [2.75, 3.05) is 10.6 Å². The topological polar surface area (TPSA) is 54.0 Å². The van der Waals surface area contributed by atoms with Crippen LogP contribution in [0, 0.1) is 11.6 Å². The summed E-state index contributed by atoms with van der Waals surface area (Å²) < 4.78 is 26.6. The number of hydrogen-bond acceptors (Lipinski definition) is 3. The summed E-state index contributed by atoms with van der Waals surface area (Å²) in [6, 6.07) is 12.9. The van der Waals surface area contributed by atoms with Crippen molar-refractivity contribution < 1.29 is 13.6 Å². The third-order valence-electron chi connectivity index (χ3n) is 3.30. The van der Waals surface area contributed by atoms with Crippen LogP contribution in [0.5, 0.6) is 0 Å². The summed E-state index contributed by atoms with van der Waals surface area (Å²) in [7, 11) is 0. The summed E-state index contributed by atoms with van der Waals surface area (Å²) in [6.07, 6.45) is 1.41. The lowest BCUT2D eigenvalue weighted by atomic mass is 10.2. The fraction of sp³-hybridized carbons (Fsp3) is 0. The summed E-state index contributed by atoms with van der Waals surface area (Å²) >= 11 is 5.88. The van der Waals surface area contributed by atoms with E-state index < -0.39 is 11.6 Å². The fourth-order valence-corrected chi connectivity index (χ4v) is 2.33. The normalized spacial score (nSPS) is 10.4. The third-order valence-corrected chi connectivity index (χ3v) is 3.53. The number of nitrogens with zero attached hydrogens (tertiary/aromatic N) is 1. The van der Waals surface area contributed by atoms with E-state index in [-0.39, 0.29) is 17.4 Å². The number of aromatic nitrogens is 1. The summed E-state index contributed by atoms with van der Waals surface area (Å²) in [5.74, 6) is -1.54. The summed E-state index contributed by atoms with van der Waals surface area (Å²) in [6.45, 7) is 0. The predicted molar refractivity (Wildman–Crippen MR) is 93.3 cm³/mol. The molecule has 0 aliphatic rings. The van der Waals surface area contributed by atoms with Crippen molar-refractivity contribution in [2.24, 2.45) is 0 Å². The Morgan fingerprint density at radius 3 is 2.64 bits per heavy atom. The van der Waals surface area contributed by atoms with Crippen molar-refractivity contribution in [3.8, 4) is 0 Å². The lowest BCUT2D eigenvalue weighted by Gasteiger charge is -2.09. The first-order chi connectivity index (χ1) is 12.0. The van der Waals surface area contributed by atoms with Gasteiger partial charge in [0, 0.05) is 28.5 Å². The van der Waals surface area contributed by atoms with Crippen molar-refractivity contribution in [2.45, 2.75) is 0 Å². The van der Waals surface area contributed by atoms with Gasteiger partial charge in [0.25, 0.3) is 5.91 Å². The van der Waals surface area contributed by atoms with E-state index in [1.807, 2.05) is 0 Å². The summed E-state index contributed by atoms with van der Waals surface area (Å²) in [5.41, 5.74) is 0.926. The lowest BCUT2D eigenvalue weighted by molar-refractivity contribution is 0.102. The van der Waals surface area contributed by atoms with E-state index in [1.54, 1.807) is 24.3 Å². The minimum atomic E-state index is -0.754. The molecule has 0 radical (unpaired) electrons. The average molecular weight is 360 g/mol. The van der Waals surface area contributed by atoms with E-state index in [4.69, 9.17) is 11.6 Å².